The normalized spacial score (nSPS) is 17.9. The van der Waals surface area contributed by atoms with Crippen LogP contribution in [0.5, 0.6) is 0 Å². The maximum absolute atomic E-state index is 11.9. The maximum atomic E-state index is 11.9. The minimum atomic E-state index is -1.17. The predicted octanol–water partition coefficient (Wildman–Crippen LogP) is 1.41. The third-order valence-electron chi connectivity index (χ3n) is 3.30. The van der Waals surface area contributed by atoms with Crippen molar-refractivity contribution in [2.75, 3.05) is 0 Å². The molecule has 1 saturated carbocycles. The lowest BCUT2D eigenvalue weighted by Gasteiger charge is -2.23. The summed E-state index contributed by atoms with van der Waals surface area (Å²) in [5.74, 6) is -1.56. The van der Waals surface area contributed by atoms with Gasteiger partial charge in [-0.3, -0.25) is 0 Å². The topological polar surface area (TPSA) is 94.3 Å². The fourth-order valence-corrected chi connectivity index (χ4v) is 2.12. The van der Waals surface area contributed by atoms with E-state index in [1.807, 2.05) is 0 Å². The largest absolute Gasteiger partial charge is 0.476 e. The van der Waals surface area contributed by atoms with Gasteiger partial charge >= 0.3 is 11.9 Å². The van der Waals surface area contributed by atoms with E-state index in [-0.39, 0.29) is 11.8 Å². The van der Waals surface area contributed by atoms with Crippen molar-refractivity contribution >= 4 is 11.9 Å². The monoisotopic (exact) mass is 267 g/mol. The van der Waals surface area contributed by atoms with E-state index in [1.165, 1.54) is 17.3 Å². The average molecular weight is 267 g/mol. The van der Waals surface area contributed by atoms with Crippen LogP contribution in [0.3, 0.4) is 0 Å². The highest BCUT2D eigenvalue weighted by atomic mass is 16.5. The predicted molar refractivity (Wildman–Crippen MR) is 64.7 cm³/mol. The van der Waals surface area contributed by atoms with Crippen molar-refractivity contribution in [2.24, 2.45) is 0 Å². The molecule has 1 aromatic heterocycles. The van der Waals surface area contributed by atoms with Gasteiger partial charge in [0.25, 0.3) is 0 Å². The average Bonchev–Trinajstić information content (AvgIpc) is 2.88. The lowest BCUT2D eigenvalue weighted by atomic mass is 9.98. The Morgan fingerprint density at radius 2 is 2.11 bits per heavy atom. The minimum Gasteiger partial charge on any atom is -0.476 e. The zero-order valence-corrected chi connectivity index (χ0v) is 10.8. The molecule has 0 radical (unpaired) electrons. The molecule has 1 fully saturated rings. The van der Waals surface area contributed by atoms with Gasteiger partial charge in [0.15, 0.2) is 5.69 Å². The smallest absolute Gasteiger partial charge is 0.358 e. The number of rotatable bonds is 4. The van der Waals surface area contributed by atoms with Gasteiger partial charge in [-0.15, -0.1) is 5.10 Å². The van der Waals surface area contributed by atoms with Gasteiger partial charge in [0.1, 0.15) is 12.1 Å². The first-order chi connectivity index (χ1) is 9.08. The van der Waals surface area contributed by atoms with E-state index < -0.39 is 18.0 Å². The quantitative estimate of drug-likeness (QED) is 0.829. The summed E-state index contributed by atoms with van der Waals surface area (Å²) >= 11 is 0. The van der Waals surface area contributed by atoms with Crippen LogP contribution in [-0.2, 0) is 9.53 Å². The highest BCUT2D eigenvalue weighted by Crippen LogP contribution is 2.22. The summed E-state index contributed by atoms with van der Waals surface area (Å²) in [6, 6.07) is -0.664. The number of ether oxygens (including phenoxy) is 1. The van der Waals surface area contributed by atoms with Crippen LogP contribution in [0.4, 0.5) is 0 Å². The number of esters is 1. The summed E-state index contributed by atoms with van der Waals surface area (Å²) < 4.78 is 6.62. The van der Waals surface area contributed by atoms with Crippen LogP contribution < -0.4 is 0 Å². The van der Waals surface area contributed by atoms with Gasteiger partial charge in [-0.2, -0.15) is 0 Å². The van der Waals surface area contributed by atoms with E-state index in [4.69, 9.17) is 9.84 Å². The zero-order chi connectivity index (χ0) is 13.8. The van der Waals surface area contributed by atoms with E-state index >= 15 is 0 Å². The first-order valence-electron chi connectivity index (χ1n) is 6.43. The molecule has 19 heavy (non-hydrogen) atoms. The molecule has 2 rings (SSSR count). The SMILES string of the molecule is CC(C(=O)OC1CCCCC1)n1cc(C(=O)O)nn1. The Balaban J connectivity index is 1.95. The molecule has 1 aliphatic carbocycles. The zero-order valence-electron chi connectivity index (χ0n) is 10.8. The molecule has 0 aromatic carbocycles. The van der Waals surface area contributed by atoms with Crippen LogP contribution in [0, 0.1) is 0 Å². The first-order valence-corrected chi connectivity index (χ1v) is 6.43. The number of aromatic nitrogens is 3. The summed E-state index contributed by atoms with van der Waals surface area (Å²) in [5.41, 5.74) is -0.183. The minimum absolute atomic E-state index is 0.0221. The first kappa shape index (κ1) is 13.5. The molecule has 7 nitrogen and oxygen atoms in total. The molecule has 1 atom stereocenters. The van der Waals surface area contributed by atoms with Crippen molar-refractivity contribution in [3.63, 3.8) is 0 Å². The number of nitrogens with zero attached hydrogens (tertiary/aromatic N) is 3. The molecule has 0 bridgehead atoms. The number of carboxylic acid groups (broad SMARTS) is 1. The molecule has 0 amide bonds. The molecule has 1 aromatic rings. The summed E-state index contributed by atoms with van der Waals surface area (Å²) in [7, 11) is 0. The van der Waals surface area contributed by atoms with Crippen LogP contribution >= 0.6 is 0 Å². The summed E-state index contributed by atoms with van der Waals surface area (Å²) in [6.45, 7) is 1.62. The number of carboxylic acids is 1. The second-order valence-electron chi connectivity index (χ2n) is 4.76. The Morgan fingerprint density at radius 3 is 2.68 bits per heavy atom. The van der Waals surface area contributed by atoms with E-state index in [2.05, 4.69) is 10.3 Å². The fraction of sp³-hybridized carbons (Fsp3) is 0.667. The standard InChI is InChI=1S/C12H17N3O4/c1-8(15-7-10(11(16)17)13-14-15)12(18)19-9-5-3-2-4-6-9/h7-9H,2-6H2,1H3,(H,16,17). The van der Waals surface area contributed by atoms with E-state index in [9.17, 15) is 9.59 Å². The molecular weight excluding hydrogens is 250 g/mol. The van der Waals surface area contributed by atoms with Gasteiger partial charge in [0, 0.05) is 0 Å². The Kier molecular flexibility index (Phi) is 4.13. The lowest BCUT2D eigenvalue weighted by Crippen LogP contribution is -2.26. The third kappa shape index (κ3) is 3.30. The number of hydrogen-bond donors (Lipinski definition) is 1. The van der Waals surface area contributed by atoms with Crippen LogP contribution in [0.1, 0.15) is 55.6 Å². The van der Waals surface area contributed by atoms with Crippen LogP contribution in [0.2, 0.25) is 0 Å². The third-order valence-corrected chi connectivity index (χ3v) is 3.30. The molecule has 1 heterocycles. The van der Waals surface area contributed by atoms with Gasteiger partial charge in [0.05, 0.1) is 6.20 Å². The fourth-order valence-electron chi connectivity index (χ4n) is 2.12. The molecule has 7 heteroatoms. The highest BCUT2D eigenvalue weighted by molar-refractivity contribution is 5.84. The van der Waals surface area contributed by atoms with Gasteiger partial charge in [-0.05, 0) is 32.6 Å². The number of carbonyl (C=O) groups excluding carboxylic acids is 1. The summed E-state index contributed by atoms with van der Waals surface area (Å²) in [4.78, 5) is 22.6. The summed E-state index contributed by atoms with van der Waals surface area (Å²) in [6.07, 6.45) is 6.36. The van der Waals surface area contributed by atoms with Crippen molar-refractivity contribution < 1.29 is 19.4 Å². The number of carbonyl (C=O) groups is 2. The molecular formula is C12H17N3O4. The van der Waals surface area contributed by atoms with Crippen molar-refractivity contribution in [2.45, 2.75) is 51.2 Å². The van der Waals surface area contributed by atoms with Crippen molar-refractivity contribution in [3.8, 4) is 0 Å². The van der Waals surface area contributed by atoms with Crippen LogP contribution in [0.25, 0.3) is 0 Å². The van der Waals surface area contributed by atoms with E-state index in [0.717, 1.165) is 25.7 Å². The number of aromatic carboxylic acids is 1. The van der Waals surface area contributed by atoms with E-state index in [0.29, 0.717) is 0 Å². The Morgan fingerprint density at radius 1 is 1.42 bits per heavy atom. The Labute approximate surface area is 110 Å². The Hall–Kier alpha value is -1.92. The molecule has 0 spiro atoms. The Bertz CT molecular complexity index is 465. The van der Waals surface area contributed by atoms with Gasteiger partial charge in [-0.1, -0.05) is 11.6 Å². The van der Waals surface area contributed by atoms with E-state index in [1.54, 1.807) is 6.92 Å². The van der Waals surface area contributed by atoms with Crippen molar-refractivity contribution in [3.05, 3.63) is 11.9 Å². The molecule has 1 unspecified atom stereocenters. The van der Waals surface area contributed by atoms with Gasteiger partial charge < -0.3 is 9.84 Å². The molecule has 0 saturated heterocycles. The van der Waals surface area contributed by atoms with Crippen LogP contribution in [0.15, 0.2) is 6.20 Å². The van der Waals surface area contributed by atoms with Crippen molar-refractivity contribution in [1.29, 1.82) is 0 Å². The van der Waals surface area contributed by atoms with Crippen LogP contribution in [-0.4, -0.2) is 38.1 Å². The second-order valence-corrected chi connectivity index (χ2v) is 4.76. The molecule has 0 aliphatic heterocycles. The molecule has 1 aliphatic rings. The summed E-state index contributed by atoms with van der Waals surface area (Å²) in [5, 5.41) is 15.9. The molecule has 104 valence electrons. The van der Waals surface area contributed by atoms with Crippen molar-refractivity contribution in [1.82, 2.24) is 15.0 Å². The highest BCUT2D eigenvalue weighted by Gasteiger charge is 2.24. The van der Waals surface area contributed by atoms with Gasteiger partial charge in [0.2, 0.25) is 0 Å². The molecule has 1 N–H and O–H groups in total. The maximum Gasteiger partial charge on any atom is 0.358 e. The second kappa shape index (κ2) is 5.81. The lowest BCUT2D eigenvalue weighted by molar-refractivity contribution is -0.154. The number of hydrogen-bond acceptors (Lipinski definition) is 5. The van der Waals surface area contributed by atoms with Gasteiger partial charge in [-0.25, -0.2) is 14.3 Å².